The van der Waals surface area contributed by atoms with Crippen LogP contribution < -0.4 is 10.1 Å². The van der Waals surface area contributed by atoms with Crippen molar-refractivity contribution >= 4 is 5.91 Å². The topological polar surface area (TPSA) is 56.1 Å². The Morgan fingerprint density at radius 1 is 1.38 bits per heavy atom. The molecule has 1 heterocycles. The van der Waals surface area contributed by atoms with E-state index in [1.807, 2.05) is 13.8 Å². The number of aryl methyl sites for hydroxylation is 2. The predicted octanol–water partition coefficient (Wildman–Crippen LogP) is 3.37. The summed E-state index contributed by atoms with van der Waals surface area (Å²) in [6, 6.07) is 6.63. The molecule has 5 nitrogen and oxygen atoms in total. The molecule has 0 aliphatic rings. The van der Waals surface area contributed by atoms with E-state index in [2.05, 4.69) is 22.3 Å². The van der Waals surface area contributed by atoms with Gasteiger partial charge < -0.3 is 10.1 Å². The van der Waals surface area contributed by atoms with Gasteiger partial charge in [-0.15, -0.1) is 11.8 Å². The van der Waals surface area contributed by atoms with Crippen molar-refractivity contribution in [3.8, 4) is 17.6 Å². The van der Waals surface area contributed by atoms with E-state index in [0.717, 1.165) is 25.0 Å². The van der Waals surface area contributed by atoms with E-state index in [9.17, 15) is 9.18 Å². The van der Waals surface area contributed by atoms with Gasteiger partial charge in [-0.05, 0) is 38.8 Å². The molecule has 1 amide bonds. The molecule has 2 aromatic rings. The van der Waals surface area contributed by atoms with Crippen LogP contribution in [0, 0.1) is 24.6 Å². The maximum Gasteiger partial charge on any atom is 0.269 e. The van der Waals surface area contributed by atoms with Crippen molar-refractivity contribution in [1.29, 1.82) is 0 Å². The van der Waals surface area contributed by atoms with Crippen molar-refractivity contribution in [2.24, 2.45) is 7.05 Å². The molecule has 0 atom stereocenters. The maximum absolute atomic E-state index is 14.5. The van der Waals surface area contributed by atoms with Gasteiger partial charge in [-0.3, -0.25) is 9.48 Å². The fourth-order valence-electron chi connectivity index (χ4n) is 2.52. The van der Waals surface area contributed by atoms with Crippen molar-refractivity contribution in [3.63, 3.8) is 0 Å². The highest BCUT2D eigenvalue weighted by Crippen LogP contribution is 2.21. The lowest BCUT2D eigenvalue weighted by Gasteiger charge is -2.11. The summed E-state index contributed by atoms with van der Waals surface area (Å²) in [6.07, 6.45) is 2.55. The summed E-state index contributed by atoms with van der Waals surface area (Å²) in [4.78, 5) is 12.2. The molecule has 0 fully saturated rings. The number of carbonyl (C=O) groups excluding carboxylic acids is 1. The molecule has 0 unspecified atom stereocenters. The molecule has 0 saturated carbocycles. The minimum absolute atomic E-state index is 0.0815. The summed E-state index contributed by atoms with van der Waals surface area (Å²) >= 11 is 0. The second kappa shape index (κ2) is 9.62. The van der Waals surface area contributed by atoms with Gasteiger partial charge in [0.2, 0.25) is 0 Å². The van der Waals surface area contributed by atoms with Crippen molar-refractivity contribution in [2.75, 3.05) is 6.61 Å². The normalized spacial score (nSPS) is 10.2. The van der Waals surface area contributed by atoms with Gasteiger partial charge >= 0.3 is 0 Å². The van der Waals surface area contributed by atoms with Gasteiger partial charge in [-0.2, -0.15) is 5.10 Å². The standard InChI is InChI=1S/C20H24FN3O2/c1-4-5-6-7-8-12-26-18-11-9-10-16(19(18)21)14-22-20(25)17-13-15(2)23-24(17)3/h9-11,13H,6-8,12,14H2,1-3H3,(H,22,25). The number of hydrogen-bond acceptors (Lipinski definition) is 3. The zero-order valence-electron chi connectivity index (χ0n) is 15.4. The number of unbranched alkanes of at least 4 members (excludes halogenated alkanes) is 2. The Morgan fingerprint density at radius 2 is 2.19 bits per heavy atom. The lowest BCUT2D eigenvalue weighted by atomic mass is 10.2. The second-order valence-corrected chi connectivity index (χ2v) is 5.94. The Labute approximate surface area is 153 Å². The van der Waals surface area contributed by atoms with Crippen LogP contribution in [0.5, 0.6) is 5.75 Å². The first-order valence-corrected chi connectivity index (χ1v) is 8.61. The number of carbonyl (C=O) groups is 1. The van der Waals surface area contributed by atoms with Crippen LogP contribution in [0.3, 0.4) is 0 Å². The molecule has 0 radical (unpaired) electrons. The molecule has 138 valence electrons. The van der Waals surface area contributed by atoms with Gasteiger partial charge in [0.15, 0.2) is 11.6 Å². The van der Waals surface area contributed by atoms with Gasteiger partial charge in [-0.1, -0.05) is 12.1 Å². The summed E-state index contributed by atoms with van der Waals surface area (Å²) in [7, 11) is 1.70. The van der Waals surface area contributed by atoms with Gasteiger partial charge in [0.25, 0.3) is 5.91 Å². The Balaban J connectivity index is 1.90. The quantitative estimate of drug-likeness (QED) is 0.582. The van der Waals surface area contributed by atoms with Crippen molar-refractivity contribution in [1.82, 2.24) is 15.1 Å². The van der Waals surface area contributed by atoms with Gasteiger partial charge in [-0.25, -0.2) is 4.39 Å². The van der Waals surface area contributed by atoms with Crippen LogP contribution >= 0.6 is 0 Å². The van der Waals surface area contributed by atoms with Gasteiger partial charge in [0.05, 0.1) is 12.3 Å². The first-order valence-electron chi connectivity index (χ1n) is 8.61. The summed E-state index contributed by atoms with van der Waals surface area (Å²) in [5.41, 5.74) is 1.57. The van der Waals surface area contributed by atoms with E-state index in [4.69, 9.17) is 4.74 Å². The van der Waals surface area contributed by atoms with Crippen molar-refractivity contribution in [2.45, 2.75) is 39.7 Å². The molecule has 1 aromatic carbocycles. The molecule has 1 N–H and O–H groups in total. The number of hydrogen-bond donors (Lipinski definition) is 1. The molecule has 0 bridgehead atoms. The number of aromatic nitrogens is 2. The molecule has 0 spiro atoms. The first-order chi connectivity index (χ1) is 12.5. The summed E-state index contributed by atoms with van der Waals surface area (Å²) in [6.45, 7) is 4.14. The van der Waals surface area contributed by atoms with E-state index in [1.54, 1.807) is 31.3 Å². The van der Waals surface area contributed by atoms with Gasteiger partial charge in [0, 0.05) is 25.6 Å². The van der Waals surface area contributed by atoms with Crippen LogP contribution in [0.4, 0.5) is 4.39 Å². The number of amides is 1. The van der Waals surface area contributed by atoms with Crippen LogP contribution in [0.2, 0.25) is 0 Å². The highest BCUT2D eigenvalue weighted by Gasteiger charge is 2.14. The van der Waals surface area contributed by atoms with Crippen LogP contribution in [0.15, 0.2) is 24.3 Å². The van der Waals surface area contributed by atoms with Crippen molar-refractivity contribution in [3.05, 3.63) is 47.0 Å². The first kappa shape index (κ1) is 19.5. The third-order valence-electron chi connectivity index (χ3n) is 3.85. The lowest BCUT2D eigenvalue weighted by molar-refractivity contribution is 0.0941. The SMILES string of the molecule is CC#CCCCCOc1cccc(CNC(=O)c2cc(C)nn2C)c1F. The summed E-state index contributed by atoms with van der Waals surface area (Å²) in [5.74, 6) is 5.30. The molecule has 1 aromatic heterocycles. The van der Waals surface area contributed by atoms with E-state index in [0.29, 0.717) is 17.9 Å². The van der Waals surface area contributed by atoms with E-state index < -0.39 is 5.82 Å². The maximum atomic E-state index is 14.5. The lowest BCUT2D eigenvalue weighted by Crippen LogP contribution is -2.25. The number of ether oxygens (including phenoxy) is 1. The molecule has 0 aliphatic carbocycles. The van der Waals surface area contributed by atoms with Crippen LogP contribution in [0.25, 0.3) is 0 Å². The van der Waals surface area contributed by atoms with Crippen molar-refractivity contribution < 1.29 is 13.9 Å². The molecular formula is C20H24FN3O2. The molecule has 26 heavy (non-hydrogen) atoms. The third kappa shape index (κ3) is 5.35. The Kier molecular flexibility index (Phi) is 7.22. The zero-order chi connectivity index (χ0) is 18.9. The number of benzene rings is 1. The van der Waals surface area contributed by atoms with E-state index in [1.165, 1.54) is 4.68 Å². The van der Waals surface area contributed by atoms with E-state index >= 15 is 0 Å². The van der Waals surface area contributed by atoms with Crippen LogP contribution in [-0.4, -0.2) is 22.3 Å². The average Bonchev–Trinajstić information content (AvgIpc) is 2.96. The molecular weight excluding hydrogens is 333 g/mol. The number of nitrogens with one attached hydrogen (secondary N) is 1. The fraction of sp³-hybridized carbons (Fsp3) is 0.400. The highest BCUT2D eigenvalue weighted by atomic mass is 19.1. The van der Waals surface area contributed by atoms with E-state index in [-0.39, 0.29) is 18.2 Å². The van der Waals surface area contributed by atoms with Gasteiger partial charge in [0.1, 0.15) is 5.69 Å². The highest BCUT2D eigenvalue weighted by molar-refractivity contribution is 5.92. The summed E-state index contributed by atoms with van der Waals surface area (Å²) in [5, 5.41) is 6.85. The molecule has 2 rings (SSSR count). The van der Waals surface area contributed by atoms with Crippen LogP contribution in [-0.2, 0) is 13.6 Å². The zero-order valence-corrected chi connectivity index (χ0v) is 15.4. The number of rotatable bonds is 8. The third-order valence-corrected chi connectivity index (χ3v) is 3.85. The minimum Gasteiger partial charge on any atom is -0.491 e. The Hall–Kier alpha value is -2.81. The monoisotopic (exact) mass is 357 g/mol. The Bertz CT molecular complexity index is 818. The average molecular weight is 357 g/mol. The molecule has 6 heteroatoms. The summed E-state index contributed by atoms with van der Waals surface area (Å²) < 4.78 is 21.5. The number of halogens is 1. The second-order valence-electron chi connectivity index (χ2n) is 5.94. The minimum atomic E-state index is -0.442. The molecule has 0 saturated heterocycles. The number of nitrogens with zero attached hydrogens (tertiary/aromatic N) is 2. The largest absolute Gasteiger partial charge is 0.491 e. The Morgan fingerprint density at radius 3 is 2.88 bits per heavy atom. The van der Waals surface area contributed by atoms with Crippen LogP contribution in [0.1, 0.15) is 47.9 Å². The molecule has 0 aliphatic heterocycles. The fourth-order valence-corrected chi connectivity index (χ4v) is 2.52. The smallest absolute Gasteiger partial charge is 0.269 e. The predicted molar refractivity (Wildman–Crippen MR) is 98.3 cm³/mol.